The Bertz CT molecular complexity index is 624. The molecule has 3 rings (SSSR count). The maximum absolute atomic E-state index is 13.9. The molecule has 0 spiro atoms. The lowest BCUT2D eigenvalue weighted by Gasteiger charge is -2.04. The van der Waals surface area contributed by atoms with E-state index in [9.17, 15) is 8.78 Å². The first-order chi connectivity index (χ1) is 9.70. The van der Waals surface area contributed by atoms with Gasteiger partial charge in [-0.2, -0.15) is 9.37 Å². The van der Waals surface area contributed by atoms with Gasteiger partial charge in [-0.15, -0.1) is 0 Å². The molecule has 2 heterocycles. The van der Waals surface area contributed by atoms with Gasteiger partial charge < -0.3 is 14.0 Å². The maximum Gasteiger partial charge on any atom is 0.261 e. The highest BCUT2D eigenvalue weighted by Crippen LogP contribution is 2.30. The van der Waals surface area contributed by atoms with E-state index in [1.165, 1.54) is 19.2 Å². The van der Waals surface area contributed by atoms with Crippen molar-refractivity contribution in [3.05, 3.63) is 29.6 Å². The highest BCUT2D eigenvalue weighted by molar-refractivity contribution is 5.56. The van der Waals surface area contributed by atoms with E-state index in [0.717, 1.165) is 6.42 Å². The number of nitrogens with zero attached hydrogens (tertiary/aromatic N) is 2. The molecule has 0 amide bonds. The number of ether oxygens (including phenoxy) is 2. The Morgan fingerprint density at radius 1 is 1.30 bits per heavy atom. The van der Waals surface area contributed by atoms with E-state index in [1.807, 2.05) is 0 Å². The molecule has 0 unspecified atom stereocenters. The average molecular weight is 282 g/mol. The third kappa shape index (κ3) is 2.14. The van der Waals surface area contributed by atoms with Crippen molar-refractivity contribution in [2.75, 3.05) is 20.3 Å². The second kappa shape index (κ2) is 5.16. The molecular weight excluding hydrogens is 270 g/mol. The van der Waals surface area contributed by atoms with Crippen molar-refractivity contribution in [1.29, 1.82) is 0 Å². The number of halogens is 2. The van der Waals surface area contributed by atoms with Gasteiger partial charge in [0.05, 0.1) is 19.3 Å². The van der Waals surface area contributed by atoms with Gasteiger partial charge in [-0.3, -0.25) is 0 Å². The molecular formula is C13H12F2N2O3. The van der Waals surface area contributed by atoms with Gasteiger partial charge >= 0.3 is 0 Å². The van der Waals surface area contributed by atoms with Crippen LogP contribution in [0.3, 0.4) is 0 Å². The second-order valence-corrected chi connectivity index (χ2v) is 4.46. The molecule has 1 aliphatic rings. The highest BCUT2D eigenvalue weighted by atomic mass is 19.2. The molecule has 0 N–H and O–H groups in total. The third-order valence-electron chi connectivity index (χ3n) is 3.23. The van der Waals surface area contributed by atoms with Crippen LogP contribution in [0.15, 0.2) is 16.7 Å². The summed E-state index contributed by atoms with van der Waals surface area (Å²) in [6, 6.07) is 2.66. The first kappa shape index (κ1) is 13.0. The summed E-state index contributed by atoms with van der Waals surface area (Å²) in [4.78, 5) is 4.11. The Hall–Kier alpha value is -2.02. The Morgan fingerprint density at radius 3 is 2.85 bits per heavy atom. The Kier molecular flexibility index (Phi) is 3.35. The summed E-state index contributed by atoms with van der Waals surface area (Å²) in [6.45, 7) is 1.15. The van der Waals surface area contributed by atoms with Crippen LogP contribution in [0.4, 0.5) is 8.78 Å². The van der Waals surface area contributed by atoms with Crippen molar-refractivity contribution in [2.24, 2.45) is 0 Å². The van der Waals surface area contributed by atoms with Crippen LogP contribution in [-0.2, 0) is 4.74 Å². The number of hydrogen-bond donors (Lipinski definition) is 0. The maximum atomic E-state index is 13.9. The number of methoxy groups -OCH3 is 1. The smallest absolute Gasteiger partial charge is 0.261 e. The zero-order chi connectivity index (χ0) is 14.1. The molecule has 5 nitrogen and oxygen atoms in total. The van der Waals surface area contributed by atoms with Gasteiger partial charge in [-0.05, 0) is 18.6 Å². The van der Waals surface area contributed by atoms with Gasteiger partial charge in [0.1, 0.15) is 0 Å². The lowest BCUT2D eigenvalue weighted by atomic mass is 10.1. The summed E-state index contributed by atoms with van der Waals surface area (Å²) >= 11 is 0. The molecule has 1 fully saturated rings. The van der Waals surface area contributed by atoms with E-state index in [0.29, 0.717) is 19.0 Å². The number of aromatic nitrogens is 2. The van der Waals surface area contributed by atoms with Crippen LogP contribution in [0.5, 0.6) is 5.75 Å². The molecule has 20 heavy (non-hydrogen) atoms. The minimum atomic E-state index is -1.08. The molecule has 0 saturated carbocycles. The van der Waals surface area contributed by atoms with E-state index < -0.39 is 11.6 Å². The van der Waals surface area contributed by atoms with E-state index >= 15 is 0 Å². The van der Waals surface area contributed by atoms with Crippen LogP contribution in [0.2, 0.25) is 0 Å². The number of rotatable bonds is 3. The first-order valence-electron chi connectivity index (χ1n) is 6.14. The summed E-state index contributed by atoms with van der Waals surface area (Å²) in [5.74, 6) is -1.87. The fourth-order valence-electron chi connectivity index (χ4n) is 2.10. The minimum Gasteiger partial charge on any atom is -0.494 e. The fourth-order valence-corrected chi connectivity index (χ4v) is 2.10. The summed E-state index contributed by atoms with van der Waals surface area (Å²) in [6.07, 6.45) is 0.790. The van der Waals surface area contributed by atoms with Crippen LogP contribution < -0.4 is 4.74 Å². The zero-order valence-electron chi connectivity index (χ0n) is 10.7. The van der Waals surface area contributed by atoms with E-state index in [-0.39, 0.29) is 23.1 Å². The topological polar surface area (TPSA) is 57.4 Å². The molecule has 0 bridgehead atoms. The monoisotopic (exact) mass is 282 g/mol. The number of hydrogen-bond acceptors (Lipinski definition) is 5. The van der Waals surface area contributed by atoms with Crippen molar-refractivity contribution in [3.63, 3.8) is 0 Å². The van der Waals surface area contributed by atoms with Gasteiger partial charge in [-0.25, -0.2) is 4.39 Å². The van der Waals surface area contributed by atoms with Crippen molar-refractivity contribution in [1.82, 2.24) is 10.1 Å². The van der Waals surface area contributed by atoms with Gasteiger partial charge in [0.25, 0.3) is 5.89 Å². The van der Waals surface area contributed by atoms with Crippen LogP contribution in [0, 0.1) is 11.6 Å². The molecule has 106 valence electrons. The SMILES string of the molecule is COc1ccc(-c2nc([C@H]3CCOC3)no2)c(F)c1F. The Labute approximate surface area is 113 Å². The predicted molar refractivity (Wildman–Crippen MR) is 64.4 cm³/mol. The number of benzene rings is 1. The van der Waals surface area contributed by atoms with Gasteiger partial charge in [0.15, 0.2) is 17.4 Å². The normalized spacial score (nSPS) is 18.4. The molecule has 2 aromatic rings. The molecule has 0 radical (unpaired) electrons. The molecule has 1 aromatic heterocycles. The summed E-state index contributed by atoms with van der Waals surface area (Å²) < 4.78 is 42.5. The standard InChI is InChI=1S/C13H12F2N2O3/c1-18-9-3-2-8(10(14)11(9)15)13-16-12(17-20-13)7-4-5-19-6-7/h2-3,7H,4-6H2,1H3/t7-/m0/s1. The van der Waals surface area contributed by atoms with Crippen LogP contribution >= 0.6 is 0 Å². The summed E-state index contributed by atoms with van der Waals surface area (Å²) in [5, 5.41) is 3.80. The van der Waals surface area contributed by atoms with Crippen molar-refractivity contribution in [2.45, 2.75) is 12.3 Å². The molecule has 1 aromatic carbocycles. The predicted octanol–water partition coefficient (Wildman–Crippen LogP) is 2.53. The zero-order valence-corrected chi connectivity index (χ0v) is 10.7. The van der Waals surface area contributed by atoms with Crippen LogP contribution in [-0.4, -0.2) is 30.5 Å². The Balaban J connectivity index is 1.95. The minimum absolute atomic E-state index is 0.0404. The van der Waals surface area contributed by atoms with Crippen LogP contribution in [0.1, 0.15) is 18.2 Å². The first-order valence-corrected chi connectivity index (χ1v) is 6.14. The van der Waals surface area contributed by atoms with Crippen LogP contribution in [0.25, 0.3) is 11.5 Å². The van der Waals surface area contributed by atoms with E-state index in [1.54, 1.807) is 0 Å². The molecule has 0 aliphatic carbocycles. The van der Waals surface area contributed by atoms with Gasteiger partial charge in [0, 0.05) is 12.5 Å². The van der Waals surface area contributed by atoms with Gasteiger partial charge in [0.2, 0.25) is 5.82 Å². The van der Waals surface area contributed by atoms with Crippen molar-refractivity contribution in [3.8, 4) is 17.2 Å². The van der Waals surface area contributed by atoms with Crippen molar-refractivity contribution >= 4 is 0 Å². The molecule has 1 atom stereocenters. The third-order valence-corrected chi connectivity index (χ3v) is 3.23. The second-order valence-electron chi connectivity index (χ2n) is 4.46. The largest absolute Gasteiger partial charge is 0.494 e. The molecule has 1 saturated heterocycles. The molecule has 1 aliphatic heterocycles. The fraction of sp³-hybridized carbons (Fsp3) is 0.385. The van der Waals surface area contributed by atoms with E-state index in [2.05, 4.69) is 10.1 Å². The summed E-state index contributed by atoms with van der Waals surface area (Å²) in [7, 11) is 1.27. The quantitative estimate of drug-likeness (QED) is 0.865. The Morgan fingerprint density at radius 2 is 2.15 bits per heavy atom. The average Bonchev–Trinajstić information content (AvgIpc) is 3.11. The van der Waals surface area contributed by atoms with Crippen molar-refractivity contribution < 1.29 is 22.8 Å². The summed E-state index contributed by atoms with van der Waals surface area (Å²) in [5.41, 5.74) is -0.0824. The van der Waals surface area contributed by atoms with E-state index in [4.69, 9.17) is 14.0 Å². The highest BCUT2D eigenvalue weighted by Gasteiger charge is 2.25. The molecule has 7 heteroatoms. The lowest BCUT2D eigenvalue weighted by molar-refractivity contribution is 0.192. The van der Waals surface area contributed by atoms with Gasteiger partial charge in [-0.1, -0.05) is 5.16 Å². The lowest BCUT2D eigenvalue weighted by Crippen LogP contribution is -2.00.